The molecule has 1 N–H and O–H groups in total. The Hall–Kier alpha value is -2.54. The lowest BCUT2D eigenvalue weighted by molar-refractivity contribution is -0.385. The molecule has 0 fully saturated rings. The van der Waals surface area contributed by atoms with Gasteiger partial charge in [0.05, 0.1) is 17.0 Å². The largest absolute Gasteiger partial charge is 0.352 e. The lowest BCUT2D eigenvalue weighted by Gasteiger charge is -2.17. The van der Waals surface area contributed by atoms with Gasteiger partial charge in [0.2, 0.25) is 0 Å². The number of H-pyrrole nitrogens is 1. The van der Waals surface area contributed by atoms with Crippen molar-refractivity contribution in [1.29, 1.82) is 0 Å². The molecule has 0 aliphatic heterocycles. The van der Waals surface area contributed by atoms with E-state index in [2.05, 4.69) is 4.98 Å². The number of nitrogens with one attached hydrogen (secondary N) is 1. The zero-order valence-corrected chi connectivity index (χ0v) is 12.1. The molecule has 0 saturated heterocycles. The second-order valence-corrected chi connectivity index (χ2v) is 4.87. The van der Waals surface area contributed by atoms with E-state index in [1.54, 1.807) is 43.6 Å². The van der Waals surface area contributed by atoms with Gasteiger partial charge in [-0.3, -0.25) is 14.9 Å². The number of rotatable bonds is 4. The number of amides is 1. The van der Waals surface area contributed by atoms with Crippen LogP contribution in [-0.4, -0.2) is 27.8 Å². The van der Waals surface area contributed by atoms with Crippen LogP contribution in [0.3, 0.4) is 0 Å². The molecule has 108 valence electrons. The molecule has 1 aromatic heterocycles. The summed E-state index contributed by atoms with van der Waals surface area (Å²) in [4.78, 5) is 27.0. The number of aromatic amines is 1. The zero-order valence-electron chi connectivity index (χ0n) is 11.3. The van der Waals surface area contributed by atoms with Crippen LogP contribution < -0.4 is 0 Å². The van der Waals surface area contributed by atoms with Crippen LogP contribution in [0, 0.1) is 14.8 Å². The van der Waals surface area contributed by atoms with Gasteiger partial charge in [0.15, 0.2) is 0 Å². The average molecular weight is 303 g/mol. The molecule has 0 spiro atoms. The van der Waals surface area contributed by atoms with Gasteiger partial charge < -0.3 is 9.88 Å². The van der Waals surface area contributed by atoms with Crippen LogP contribution >= 0.6 is 12.2 Å². The first kappa shape index (κ1) is 14.9. The molecule has 0 bridgehead atoms. The van der Waals surface area contributed by atoms with E-state index in [1.165, 1.54) is 11.0 Å². The number of nitrogens with zero attached hydrogens (tertiary/aromatic N) is 2. The number of hydrogen-bond donors (Lipinski definition) is 1. The number of nitro groups is 1. The Morgan fingerprint density at radius 1 is 1.33 bits per heavy atom. The number of aromatic nitrogens is 1. The van der Waals surface area contributed by atoms with Crippen LogP contribution in [0.25, 0.3) is 0 Å². The molecular formula is C14H13N3O3S. The minimum atomic E-state index is -0.456. The van der Waals surface area contributed by atoms with Crippen LogP contribution in [0.4, 0.5) is 5.69 Å². The van der Waals surface area contributed by atoms with E-state index >= 15 is 0 Å². The molecule has 0 radical (unpaired) electrons. The number of carbonyl (C=O) groups is 1. The minimum absolute atomic E-state index is 0.00429. The molecule has 6 nitrogen and oxygen atoms in total. The Morgan fingerprint density at radius 3 is 2.71 bits per heavy atom. The highest BCUT2D eigenvalue weighted by molar-refractivity contribution is 7.71. The maximum absolute atomic E-state index is 12.3. The second-order valence-electron chi connectivity index (χ2n) is 4.46. The van der Waals surface area contributed by atoms with Gasteiger partial charge in [-0.15, -0.1) is 0 Å². The van der Waals surface area contributed by atoms with Crippen LogP contribution in [0.15, 0.2) is 42.6 Å². The van der Waals surface area contributed by atoms with Crippen molar-refractivity contribution in [3.8, 4) is 0 Å². The Balaban J connectivity index is 2.25. The maximum Gasteiger partial charge on any atom is 0.274 e. The number of carbonyl (C=O) groups excluding carboxylic acids is 1. The molecule has 0 atom stereocenters. The van der Waals surface area contributed by atoms with Crippen molar-refractivity contribution in [2.45, 2.75) is 6.54 Å². The van der Waals surface area contributed by atoms with Gasteiger partial charge in [0.25, 0.3) is 11.6 Å². The summed E-state index contributed by atoms with van der Waals surface area (Å²) in [5.74, 6) is -0.282. The summed E-state index contributed by atoms with van der Waals surface area (Å²) in [7, 11) is 1.58. The first-order valence-electron chi connectivity index (χ1n) is 6.16. The molecule has 1 heterocycles. The minimum Gasteiger partial charge on any atom is -0.352 e. The van der Waals surface area contributed by atoms with Crippen LogP contribution in [0.2, 0.25) is 0 Å². The topological polar surface area (TPSA) is 79.2 Å². The van der Waals surface area contributed by atoms with Crippen molar-refractivity contribution < 1.29 is 9.72 Å². The molecule has 1 aromatic carbocycles. The van der Waals surface area contributed by atoms with Gasteiger partial charge in [-0.05, 0) is 12.1 Å². The zero-order chi connectivity index (χ0) is 15.4. The van der Waals surface area contributed by atoms with Crippen LogP contribution in [0.1, 0.15) is 15.9 Å². The maximum atomic E-state index is 12.3. The van der Waals surface area contributed by atoms with Gasteiger partial charge in [-0.25, -0.2) is 0 Å². The summed E-state index contributed by atoms with van der Waals surface area (Å²) in [6.45, 7) is 0.139. The third kappa shape index (κ3) is 3.32. The normalized spacial score (nSPS) is 10.1. The van der Waals surface area contributed by atoms with Gasteiger partial charge in [-0.2, -0.15) is 0 Å². The fraction of sp³-hybridized carbons (Fsp3) is 0.143. The molecule has 1 amide bonds. The third-order valence-electron chi connectivity index (χ3n) is 2.99. The SMILES string of the molecule is CN(Cc1ccccc1[N+](=O)[O-])C(=O)c1ccc[nH]c1=S. The number of pyridine rings is 1. The molecule has 21 heavy (non-hydrogen) atoms. The Labute approximate surface area is 126 Å². The molecule has 2 rings (SSSR count). The van der Waals surface area contributed by atoms with Crippen molar-refractivity contribution in [1.82, 2.24) is 9.88 Å². The lowest BCUT2D eigenvalue weighted by atomic mass is 10.1. The summed E-state index contributed by atoms with van der Waals surface area (Å²) < 4.78 is 0.344. The fourth-order valence-electron chi connectivity index (χ4n) is 1.95. The molecule has 0 saturated carbocycles. The molecule has 2 aromatic rings. The van der Waals surface area contributed by atoms with E-state index in [9.17, 15) is 14.9 Å². The number of para-hydroxylation sites is 1. The van der Waals surface area contributed by atoms with E-state index in [0.717, 1.165) is 0 Å². The summed E-state index contributed by atoms with van der Waals surface area (Å²) >= 11 is 5.07. The van der Waals surface area contributed by atoms with Gasteiger partial charge in [-0.1, -0.05) is 30.4 Å². The van der Waals surface area contributed by atoms with E-state index in [-0.39, 0.29) is 18.1 Å². The predicted octanol–water partition coefficient (Wildman–Crippen LogP) is 2.92. The molecule has 7 heteroatoms. The molecule has 0 aliphatic rings. The molecular weight excluding hydrogens is 290 g/mol. The Kier molecular flexibility index (Phi) is 4.44. The highest BCUT2D eigenvalue weighted by Gasteiger charge is 2.18. The third-order valence-corrected chi connectivity index (χ3v) is 3.33. The lowest BCUT2D eigenvalue weighted by Crippen LogP contribution is -2.27. The van der Waals surface area contributed by atoms with E-state index in [0.29, 0.717) is 15.8 Å². The Bertz CT molecular complexity index is 742. The van der Waals surface area contributed by atoms with Crippen LogP contribution in [-0.2, 0) is 6.54 Å². The number of benzene rings is 1. The van der Waals surface area contributed by atoms with Crippen LogP contribution in [0.5, 0.6) is 0 Å². The van der Waals surface area contributed by atoms with E-state index in [4.69, 9.17) is 12.2 Å². The molecule has 0 aliphatic carbocycles. The van der Waals surface area contributed by atoms with Gasteiger partial charge in [0, 0.05) is 24.9 Å². The Morgan fingerprint density at radius 2 is 2.05 bits per heavy atom. The first-order valence-corrected chi connectivity index (χ1v) is 6.57. The smallest absolute Gasteiger partial charge is 0.274 e. The van der Waals surface area contributed by atoms with Crippen molar-refractivity contribution in [3.63, 3.8) is 0 Å². The highest BCUT2D eigenvalue weighted by Crippen LogP contribution is 2.19. The van der Waals surface area contributed by atoms with Crippen molar-refractivity contribution in [2.24, 2.45) is 0 Å². The quantitative estimate of drug-likeness (QED) is 0.535. The van der Waals surface area contributed by atoms with Crippen molar-refractivity contribution in [3.05, 3.63) is 68.5 Å². The van der Waals surface area contributed by atoms with Gasteiger partial charge >= 0.3 is 0 Å². The summed E-state index contributed by atoms with van der Waals surface area (Å²) in [6.07, 6.45) is 1.64. The second kappa shape index (κ2) is 6.27. The van der Waals surface area contributed by atoms with E-state index in [1.807, 2.05) is 0 Å². The highest BCUT2D eigenvalue weighted by atomic mass is 32.1. The van der Waals surface area contributed by atoms with Crippen molar-refractivity contribution in [2.75, 3.05) is 7.05 Å². The summed E-state index contributed by atoms with van der Waals surface area (Å²) in [6, 6.07) is 9.65. The monoisotopic (exact) mass is 303 g/mol. The number of hydrogen-bond acceptors (Lipinski definition) is 4. The van der Waals surface area contributed by atoms with Gasteiger partial charge in [0.1, 0.15) is 4.64 Å². The standard InChI is InChI=1S/C14H13N3O3S/c1-16(14(18)11-6-4-8-15-13(11)21)9-10-5-2-3-7-12(10)17(19)20/h2-8H,9H2,1H3,(H,15,21). The predicted molar refractivity (Wildman–Crippen MR) is 80.5 cm³/mol. The summed E-state index contributed by atoms with van der Waals surface area (Å²) in [5.41, 5.74) is 0.841. The molecule has 0 unspecified atom stereocenters. The van der Waals surface area contributed by atoms with E-state index < -0.39 is 4.92 Å². The average Bonchev–Trinajstić information content (AvgIpc) is 2.47. The number of nitro benzene ring substituents is 1. The van der Waals surface area contributed by atoms with Crippen molar-refractivity contribution >= 4 is 23.8 Å². The summed E-state index contributed by atoms with van der Waals surface area (Å²) in [5, 5.41) is 11.0. The fourth-order valence-corrected chi connectivity index (χ4v) is 2.17. The first-order chi connectivity index (χ1) is 10.0.